The molecule has 0 unspecified atom stereocenters. The summed E-state index contributed by atoms with van der Waals surface area (Å²) in [6.45, 7) is 14.0. The minimum Gasteiger partial charge on any atom is -0.311 e. The minimum absolute atomic E-state index is 0.146. The molecule has 0 fully saturated rings. The third-order valence-electron chi connectivity index (χ3n) is 18.8. The Kier molecular flexibility index (Phi) is 13.4. The van der Waals surface area contributed by atoms with Gasteiger partial charge in [0.1, 0.15) is 0 Å². The van der Waals surface area contributed by atoms with Crippen molar-refractivity contribution in [1.82, 2.24) is 4.57 Å². The van der Waals surface area contributed by atoms with Gasteiger partial charge in [0.15, 0.2) is 0 Å². The Hall–Kier alpha value is -10.9. The van der Waals surface area contributed by atoms with Crippen molar-refractivity contribution in [2.24, 2.45) is 0 Å². The van der Waals surface area contributed by atoms with Crippen molar-refractivity contribution in [3.63, 3.8) is 0 Å². The van der Waals surface area contributed by atoms with Gasteiger partial charge in [0.05, 0.1) is 16.7 Å². The number of para-hydroxylation sites is 3. The number of nitrogens with zero attached hydrogens (tertiary/aromatic N) is 4. The molecule has 14 aromatic rings. The number of anilines is 9. The van der Waals surface area contributed by atoms with Crippen LogP contribution in [0.3, 0.4) is 0 Å². The van der Waals surface area contributed by atoms with Gasteiger partial charge in [-0.2, -0.15) is 0 Å². The maximum absolute atomic E-state index is 2.68. The third-order valence-corrected chi connectivity index (χ3v) is 18.8. The molecule has 0 bridgehead atoms. The summed E-state index contributed by atoms with van der Waals surface area (Å²) in [4.78, 5) is 7.72. The van der Waals surface area contributed by atoms with Crippen LogP contribution in [0.25, 0.3) is 72.0 Å². The van der Waals surface area contributed by atoms with Crippen molar-refractivity contribution in [1.29, 1.82) is 0 Å². The molecule has 0 aliphatic carbocycles. The summed E-state index contributed by atoms with van der Waals surface area (Å²) >= 11 is 0. The molecular weight excluding hydrogens is 1100 g/mol. The zero-order chi connectivity index (χ0) is 61.5. The van der Waals surface area contributed by atoms with Crippen LogP contribution in [-0.2, 0) is 10.8 Å². The molecule has 0 spiro atoms. The van der Waals surface area contributed by atoms with E-state index in [4.69, 9.17) is 0 Å². The number of fused-ring (bicyclic) bond motifs is 7. The van der Waals surface area contributed by atoms with Gasteiger partial charge in [-0.25, -0.2) is 0 Å². The molecule has 436 valence electrons. The third kappa shape index (κ3) is 9.63. The topological polar surface area (TPSA) is 14.7 Å². The monoisotopic (exact) mass is 1170 g/mol. The highest BCUT2D eigenvalue weighted by Gasteiger charge is 2.46. The molecule has 2 aliphatic rings. The van der Waals surface area contributed by atoms with Crippen LogP contribution in [0, 0.1) is 0 Å². The van der Waals surface area contributed by atoms with Gasteiger partial charge in [0, 0.05) is 73.1 Å². The first-order valence-electron chi connectivity index (χ1n) is 31.9. The molecule has 0 saturated heterocycles. The summed E-state index contributed by atoms with van der Waals surface area (Å²) in [5.74, 6) is 0. The second kappa shape index (κ2) is 22.0. The summed E-state index contributed by atoms with van der Waals surface area (Å²) in [5, 5.41) is 2.50. The van der Waals surface area contributed by atoms with E-state index in [2.05, 4.69) is 370 Å². The van der Waals surface area contributed by atoms with Gasteiger partial charge in [-0.1, -0.05) is 248 Å². The lowest BCUT2D eigenvalue weighted by molar-refractivity contribution is 0.590. The fourth-order valence-corrected chi connectivity index (χ4v) is 14.3. The summed E-state index contributed by atoms with van der Waals surface area (Å²) in [6, 6.07) is 115. The van der Waals surface area contributed by atoms with Crippen LogP contribution in [0.2, 0.25) is 0 Å². The normalized spacial score (nSPS) is 12.7. The van der Waals surface area contributed by atoms with Crippen LogP contribution in [0.15, 0.2) is 309 Å². The van der Waals surface area contributed by atoms with Gasteiger partial charge in [-0.15, -0.1) is 0 Å². The Morgan fingerprint density at radius 3 is 1.27 bits per heavy atom. The van der Waals surface area contributed by atoms with E-state index in [1.165, 1.54) is 99.6 Å². The summed E-state index contributed by atoms with van der Waals surface area (Å²) in [7, 11) is 0. The van der Waals surface area contributed by atoms with Gasteiger partial charge < -0.3 is 19.3 Å². The lowest BCUT2D eigenvalue weighted by atomic mass is 9.33. The van der Waals surface area contributed by atoms with Crippen molar-refractivity contribution >= 4 is 96.1 Å². The highest BCUT2D eigenvalue weighted by Crippen LogP contribution is 2.53. The molecule has 2 aliphatic heterocycles. The standard InChI is InChI=1S/C86H69BN4/c1-85(2,3)64-53-73(60-31-16-9-17-32-60)84(74(54-64)61-33-18-10-19-34-61)91-79-52-63(59-29-14-8-15-30-59)43-49-75(79)87-76-50-48-70(57-80(76)90(81-55-65(86(4,5)6)56-82(91)83(81)87)69-38-26-35-62(51-69)58-27-12-7-13-28-58)88(66-36-20-11-21-37-66)67-44-46-68(47-45-67)89-77-41-24-22-39-71(77)72-40-23-25-42-78(72)89/h7-57H,1-6H3. The average Bonchev–Trinajstić information content (AvgIpc) is 1.24. The van der Waals surface area contributed by atoms with E-state index in [1.54, 1.807) is 0 Å². The Balaban J connectivity index is 0.984. The van der Waals surface area contributed by atoms with E-state index in [-0.39, 0.29) is 17.5 Å². The molecule has 4 nitrogen and oxygen atoms in total. The Morgan fingerprint density at radius 1 is 0.297 bits per heavy atom. The molecule has 91 heavy (non-hydrogen) atoms. The maximum atomic E-state index is 2.68. The van der Waals surface area contributed by atoms with Gasteiger partial charge in [-0.3, -0.25) is 0 Å². The first kappa shape index (κ1) is 55.4. The Morgan fingerprint density at radius 2 is 0.725 bits per heavy atom. The van der Waals surface area contributed by atoms with Crippen LogP contribution in [0.5, 0.6) is 0 Å². The Bertz CT molecular complexity index is 4950. The molecule has 16 rings (SSSR count). The van der Waals surface area contributed by atoms with Crippen molar-refractivity contribution in [3.8, 4) is 50.2 Å². The van der Waals surface area contributed by atoms with Gasteiger partial charge in [0.2, 0.25) is 0 Å². The predicted molar refractivity (Wildman–Crippen MR) is 389 cm³/mol. The second-order valence-electron chi connectivity index (χ2n) is 26.5. The van der Waals surface area contributed by atoms with Gasteiger partial charge >= 0.3 is 0 Å². The smallest absolute Gasteiger partial charge is 0.252 e. The van der Waals surface area contributed by atoms with Gasteiger partial charge in [0.25, 0.3) is 6.71 Å². The highest BCUT2D eigenvalue weighted by molar-refractivity contribution is 7.00. The van der Waals surface area contributed by atoms with Crippen LogP contribution in [0.1, 0.15) is 52.7 Å². The highest BCUT2D eigenvalue weighted by atomic mass is 15.2. The fourth-order valence-electron chi connectivity index (χ4n) is 14.3. The molecule has 0 saturated carbocycles. The summed E-state index contributed by atoms with van der Waals surface area (Å²) in [6.07, 6.45) is 0. The van der Waals surface area contributed by atoms with Crippen molar-refractivity contribution in [3.05, 3.63) is 321 Å². The quantitative estimate of drug-likeness (QED) is 0.127. The lowest BCUT2D eigenvalue weighted by Crippen LogP contribution is -2.61. The van der Waals surface area contributed by atoms with E-state index >= 15 is 0 Å². The lowest BCUT2D eigenvalue weighted by Gasteiger charge is -2.46. The largest absolute Gasteiger partial charge is 0.311 e. The van der Waals surface area contributed by atoms with Gasteiger partial charge in [-0.05, 0) is 175 Å². The molecule has 13 aromatic carbocycles. The molecule has 0 amide bonds. The van der Waals surface area contributed by atoms with Crippen molar-refractivity contribution in [2.45, 2.75) is 52.4 Å². The molecule has 1 aromatic heterocycles. The average molecular weight is 1170 g/mol. The van der Waals surface area contributed by atoms with E-state index < -0.39 is 0 Å². The zero-order valence-corrected chi connectivity index (χ0v) is 52.3. The van der Waals surface area contributed by atoms with Crippen molar-refractivity contribution < 1.29 is 0 Å². The first-order chi connectivity index (χ1) is 44.4. The molecule has 0 N–H and O–H groups in total. The van der Waals surface area contributed by atoms with E-state index in [9.17, 15) is 0 Å². The number of rotatable bonds is 10. The van der Waals surface area contributed by atoms with Crippen molar-refractivity contribution in [2.75, 3.05) is 14.7 Å². The number of benzene rings is 13. The minimum atomic E-state index is -0.255. The molecule has 0 atom stereocenters. The fraction of sp³-hybridized carbons (Fsp3) is 0.0930. The van der Waals surface area contributed by atoms with Crippen LogP contribution in [0.4, 0.5) is 51.2 Å². The first-order valence-corrected chi connectivity index (χ1v) is 31.9. The van der Waals surface area contributed by atoms with E-state index in [0.717, 1.165) is 51.1 Å². The maximum Gasteiger partial charge on any atom is 0.252 e. The van der Waals surface area contributed by atoms with Crippen LogP contribution < -0.4 is 31.1 Å². The number of hydrogen-bond acceptors (Lipinski definition) is 3. The summed E-state index contributed by atoms with van der Waals surface area (Å²) in [5.41, 5.74) is 28.9. The Labute approximate surface area is 535 Å². The molecule has 3 heterocycles. The number of aromatic nitrogens is 1. The predicted octanol–water partition coefficient (Wildman–Crippen LogP) is 21.6. The number of hydrogen-bond donors (Lipinski definition) is 0. The van der Waals surface area contributed by atoms with E-state index in [1.807, 2.05) is 0 Å². The zero-order valence-electron chi connectivity index (χ0n) is 52.3. The molecular formula is C86H69BN4. The molecule has 0 radical (unpaired) electrons. The van der Waals surface area contributed by atoms with Crippen LogP contribution >= 0.6 is 0 Å². The van der Waals surface area contributed by atoms with E-state index in [0.29, 0.717) is 0 Å². The van der Waals surface area contributed by atoms with Crippen LogP contribution in [-0.4, -0.2) is 11.3 Å². The summed E-state index contributed by atoms with van der Waals surface area (Å²) < 4.78 is 2.40. The SMILES string of the molecule is CC(C)(C)c1cc(-c2ccccc2)c(N2c3cc(-c4ccccc4)ccc3B3c4ccc(N(c5ccccc5)c5ccc(-n6c7ccccc7c7ccccc76)cc5)cc4N(c4cccc(-c5ccccc5)c4)c4cc(C(C)(C)C)cc2c43)c(-c2ccccc2)c1. The molecule has 5 heteroatoms. The second-order valence-corrected chi connectivity index (χ2v) is 26.5.